The van der Waals surface area contributed by atoms with Gasteiger partial charge in [-0.3, -0.25) is 0 Å². The van der Waals surface area contributed by atoms with E-state index in [1.165, 1.54) is 28.6 Å². The van der Waals surface area contributed by atoms with E-state index < -0.39 is 6.10 Å². The lowest BCUT2D eigenvalue weighted by Gasteiger charge is -2.08. The second-order valence-corrected chi connectivity index (χ2v) is 7.53. The molecule has 0 saturated heterocycles. The van der Waals surface area contributed by atoms with Gasteiger partial charge in [0, 0.05) is 17.6 Å². The first-order valence-corrected chi connectivity index (χ1v) is 9.50. The smallest absolute Gasteiger partial charge is 0.147 e. The average molecular weight is 342 g/mol. The molecule has 0 fully saturated rings. The lowest BCUT2D eigenvalue weighted by atomic mass is 10.0. The molecule has 0 spiro atoms. The summed E-state index contributed by atoms with van der Waals surface area (Å²) < 4.78 is 1.04. The fourth-order valence-electron chi connectivity index (χ4n) is 3.59. The van der Waals surface area contributed by atoms with Gasteiger partial charge in [0.15, 0.2) is 0 Å². The minimum absolute atomic E-state index is 0.414. The minimum Gasteiger partial charge on any atom is -0.392 e. The predicted octanol–water partition coefficient (Wildman–Crippen LogP) is 3.47. The molecular weight excluding hydrogens is 320 g/mol. The fourth-order valence-corrected chi connectivity index (χ4v) is 4.73. The van der Waals surface area contributed by atoms with E-state index in [1.54, 1.807) is 24.6 Å². The van der Waals surface area contributed by atoms with Gasteiger partial charge in [0.25, 0.3) is 0 Å². The van der Waals surface area contributed by atoms with Crippen LogP contribution in [0.4, 0.5) is 5.82 Å². The number of aliphatic hydroxyl groups excluding tert-OH is 1. The highest BCUT2D eigenvalue weighted by Gasteiger charge is 2.23. The summed E-state index contributed by atoms with van der Waals surface area (Å²) in [5.74, 6) is 0.799. The van der Waals surface area contributed by atoms with Gasteiger partial charge in [-0.05, 0) is 43.7 Å². The van der Waals surface area contributed by atoms with E-state index in [2.05, 4.69) is 22.2 Å². The highest BCUT2D eigenvalue weighted by atomic mass is 32.1. The topological polar surface area (TPSA) is 70.9 Å². The number of hydrogen-bond donors (Lipinski definition) is 2. The van der Waals surface area contributed by atoms with Crippen molar-refractivity contribution in [3.05, 3.63) is 23.1 Å². The van der Waals surface area contributed by atoms with Crippen LogP contribution in [0.2, 0.25) is 0 Å². The van der Waals surface area contributed by atoms with Gasteiger partial charge < -0.3 is 10.4 Å². The molecule has 1 aliphatic carbocycles. The van der Waals surface area contributed by atoms with E-state index in [9.17, 15) is 5.11 Å². The summed E-state index contributed by atoms with van der Waals surface area (Å²) in [7, 11) is 0. The van der Waals surface area contributed by atoms with Crippen LogP contribution in [0.3, 0.4) is 0 Å². The molecule has 6 heteroatoms. The third-order valence-corrected chi connectivity index (χ3v) is 5.69. The number of fused-ring (bicyclic) bond motifs is 5. The minimum atomic E-state index is -0.414. The van der Waals surface area contributed by atoms with Crippen LogP contribution in [0.5, 0.6) is 0 Å². The first-order chi connectivity index (χ1) is 11.7. The second kappa shape index (κ2) is 6.26. The molecule has 24 heavy (non-hydrogen) atoms. The zero-order valence-corrected chi connectivity index (χ0v) is 14.9. The van der Waals surface area contributed by atoms with Crippen LogP contribution in [-0.2, 0) is 19.3 Å². The third kappa shape index (κ3) is 2.54. The van der Waals surface area contributed by atoms with Gasteiger partial charge in [0.2, 0.25) is 0 Å². The number of anilines is 1. The number of hydrogen-bond acceptors (Lipinski definition) is 6. The molecule has 126 valence electrons. The summed E-state index contributed by atoms with van der Waals surface area (Å²) in [4.78, 5) is 15.0. The number of aryl methyl sites for hydroxylation is 2. The Morgan fingerprint density at radius 3 is 2.92 bits per heavy atom. The van der Waals surface area contributed by atoms with Crippen molar-refractivity contribution >= 4 is 37.6 Å². The zero-order chi connectivity index (χ0) is 16.7. The Hall–Kier alpha value is -1.79. The van der Waals surface area contributed by atoms with Gasteiger partial charge in [0.1, 0.15) is 17.0 Å². The monoisotopic (exact) mass is 342 g/mol. The summed E-state index contributed by atoms with van der Waals surface area (Å²) in [6, 6.07) is 0. The maximum Gasteiger partial charge on any atom is 0.147 e. The molecule has 1 unspecified atom stereocenters. The van der Waals surface area contributed by atoms with Gasteiger partial charge in [-0.25, -0.2) is 15.0 Å². The highest BCUT2D eigenvalue weighted by molar-refractivity contribution is 7.26. The van der Waals surface area contributed by atoms with Crippen LogP contribution in [0.25, 0.3) is 20.4 Å². The van der Waals surface area contributed by atoms with Crippen molar-refractivity contribution in [3.63, 3.8) is 0 Å². The quantitative estimate of drug-likeness (QED) is 0.743. The SMILES string of the molecule is CCCc1nc2sc3c(NCC(C)O)ncnc3c2c2c1CCC2. The summed E-state index contributed by atoms with van der Waals surface area (Å²) >= 11 is 1.67. The Morgan fingerprint density at radius 1 is 1.29 bits per heavy atom. The number of pyridine rings is 1. The molecule has 4 rings (SSSR count). The van der Waals surface area contributed by atoms with Crippen LogP contribution >= 0.6 is 11.3 Å². The molecule has 2 N–H and O–H groups in total. The molecule has 0 amide bonds. The first kappa shape index (κ1) is 15.7. The molecule has 0 saturated carbocycles. The van der Waals surface area contributed by atoms with Crippen molar-refractivity contribution in [1.82, 2.24) is 15.0 Å². The van der Waals surface area contributed by atoms with Crippen molar-refractivity contribution in [3.8, 4) is 0 Å². The van der Waals surface area contributed by atoms with Crippen LogP contribution in [0, 0.1) is 0 Å². The molecule has 0 bridgehead atoms. The third-order valence-electron chi connectivity index (χ3n) is 4.61. The molecule has 0 aromatic carbocycles. The number of aromatic nitrogens is 3. The largest absolute Gasteiger partial charge is 0.392 e. The van der Waals surface area contributed by atoms with Crippen molar-refractivity contribution < 1.29 is 5.11 Å². The number of nitrogens with zero attached hydrogens (tertiary/aromatic N) is 3. The standard InChI is InChI=1S/C18H22N4OS/c1-3-5-13-11-6-4-7-12(11)14-15-16(24-18(14)22-13)17(21-9-20-15)19-8-10(2)23/h9-10,23H,3-8H2,1-2H3,(H,19,20,21). The van der Waals surface area contributed by atoms with E-state index in [1.807, 2.05) is 0 Å². The molecule has 3 aromatic heterocycles. The Balaban J connectivity index is 1.93. The summed E-state index contributed by atoms with van der Waals surface area (Å²) in [5.41, 5.74) is 5.19. The Kier molecular flexibility index (Phi) is 4.10. The number of aliphatic hydroxyl groups is 1. The second-order valence-electron chi connectivity index (χ2n) is 6.53. The first-order valence-electron chi connectivity index (χ1n) is 8.68. The molecule has 0 radical (unpaired) electrons. The molecule has 0 aliphatic heterocycles. The summed E-state index contributed by atoms with van der Waals surface area (Å²) in [6.45, 7) is 4.45. The Bertz CT molecular complexity index is 903. The highest BCUT2D eigenvalue weighted by Crippen LogP contribution is 2.41. The van der Waals surface area contributed by atoms with Crippen molar-refractivity contribution in [1.29, 1.82) is 0 Å². The van der Waals surface area contributed by atoms with E-state index in [4.69, 9.17) is 4.98 Å². The molecule has 3 heterocycles. The normalized spacial score (nSPS) is 15.1. The van der Waals surface area contributed by atoms with E-state index >= 15 is 0 Å². The molecule has 5 nitrogen and oxygen atoms in total. The van der Waals surface area contributed by atoms with Gasteiger partial charge in [-0.1, -0.05) is 13.3 Å². The fraction of sp³-hybridized carbons (Fsp3) is 0.500. The van der Waals surface area contributed by atoms with Crippen molar-refractivity contribution in [2.45, 2.75) is 52.1 Å². The number of rotatable bonds is 5. The van der Waals surface area contributed by atoms with E-state index in [-0.39, 0.29) is 0 Å². The van der Waals surface area contributed by atoms with Crippen LogP contribution in [-0.4, -0.2) is 32.7 Å². The lowest BCUT2D eigenvalue weighted by Crippen LogP contribution is -2.16. The average Bonchev–Trinajstić information content (AvgIpc) is 3.16. The predicted molar refractivity (Wildman–Crippen MR) is 98.9 cm³/mol. The van der Waals surface area contributed by atoms with Gasteiger partial charge in [-0.15, -0.1) is 11.3 Å². The van der Waals surface area contributed by atoms with Crippen molar-refractivity contribution in [2.75, 3.05) is 11.9 Å². The maximum absolute atomic E-state index is 9.53. The number of nitrogens with one attached hydrogen (secondary N) is 1. The number of thiophene rings is 1. The van der Waals surface area contributed by atoms with Gasteiger partial charge in [0.05, 0.1) is 16.3 Å². The van der Waals surface area contributed by atoms with Crippen molar-refractivity contribution in [2.24, 2.45) is 0 Å². The van der Waals surface area contributed by atoms with E-state index in [0.29, 0.717) is 6.54 Å². The summed E-state index contributed by atoms with van der Waals surface area (Å²) in [5, 5.41) is 14.0. The van der Waals surface area contributed by atoms with Gasteiger partial charge >= 0.3 is 0 Å². The Labute approximate surface area is 145 Å². The zero-order valence-electron chi connectivity index (χ0n) is 14.1. The van der Waals surface area contributed by atoms with Crippen LogP contribution < -0.4 is 5.32 Å². The molecular formula is C18H22N4OS. The summed E-state index contributed by atoms with van der Waals surface area (Å²) in [6.07, 6.45) is 6.84. The molecule has 3 aromatic rings. The van der Waals surface area contributed by atoms with Crippen LogP contribution in [0.1, 0.15) is 43.5 Å². The molecule has 1 atom stereocenters. The van der Waals surface area contributed by atoms with Crippen LogP contribution in [0.15, 0.2) is 6.33 Å². The Morgan fingerprint density at radius 2 is 2.12 bits per heavy atom. The van der Waals surface area contributed by atoms with E-state index in [0.717, 1.165) is 46.5 Å². The van der Waals surface area contributed by atoms with Gasteiger partial charge in [-0.2, -0.15) is 0 Å². The lowest BCUT2D eigenvalue weighted by molar-refractivity contribution is 0.208. The maximum atomic E-state index is 9.53. The molecule has 1 aliphatic rings.